The molecule has 0 saturated carbocycles. The van der Waals surface area contributed by atoms with Gasteiger partial charge in [-0.2, -0.15) is 0 Å². The van der Waals surface area contributed by atoms with Crippen LogP contribution in [0.15, 0.2) is 18.2 Å². The zero-order valence-corrected chi connectivity index (χ0v) is 12.6. The lowest BCUT2D eigenvalue weighted by atomic mass is 9.75. The molecule has 1 atom stereocenters. The Morgan fingerprint density at radius 2 is 1.75 bits per heavy atom. The molecular formula is C14H22BNO4. The zero-order chi connectivity index (χ0) is 15.1. The number of benzene rings is 1. The van der Waals surface area contributed by atoms with Gasteiger partial charge in [0.25, 0.3) is 0 Å². The van der Waals surface area contributed by atoms with E-state index in [0.29, 0.717) is 5.75 Å². The Morgan fingerprint density at radius 3 is 2.20 bits per heavy atom. The summed E-state index contributed by atoms with van der Waals surface area (Å²) in [4.78, 5) is 0. The molecule has 1 aliphatic rings. The summed E-state index contributed by atoms with van der Waals surface area (Å²) < 4.78 is 16.9. The standard InChI is InChI=1S/C14H22BNO4/c1-13(2)14(3,4)20-15(19-13)12(16)9-6-7-11(18-5)10(17)8-9/h6-8,12,17H,16H2,1-5H3/t12-/m0/s1. The van der Waals surface area contributed by atoms with Crippen molar-refractivity contribution in [1.29, 1.82) is 0 Å². The van der Waals surface area contributed by atoms with E-state index < -0.39 is 24.3 Å². The van der Waals surface area contributed by atoms with Gasteiger partial charge in [0.05, 0.1) is 24.3 Å². The second kappa shape index (κ2) is 4.95. The van der Waals surface area contributed by atoms with Crippen molar-refractivity contribution in [3.63, 3.8) is 0 Å². The Morgan fingerprint density at radius 1 is 1.20 bits per heavy atom. The quantitative estimate of drug-likeness (QED) is 0.828. The van der Waals surface area contributed by atoms with Gasteiger partial charge in [-0.3, -0.25) is 0 Å². The molecule has 1 aromatic carbocycles. The fourth-order valence-corrected chi connectivity index (χ4v) is 2.11. The molecule has 1 aliphatic heterocycles. The number of ether oxygens (including phenoxy) is 1. The van der Waals surface area contributed by atoms with Gasteiger partial charge in [-0.1, -0.05) is 6.07 Å². The number of hydrogen-bond donors (Lipinski definition) is 2. The molecule has 0 aromatic heterocycles. The van der Waals surface area contributed by atoms with Crippen LogP contribution in [0.1, 0.15) is 39.2 Å². The van der Waals surface area contributed by atoms with Gasteiger partial charge in [-0.15, -0.1) is 0 Å². The Labute approximate surface area is 120 Å². The Balaban J connectivity index is 2.21. The van der Waals surface area contributed by atoms with Gasteiger partial charge in [0, 0.05) is 0 Å². The van der Waals surface area contributed by atoms with E-state index in [1.54, 1.807) is 18.2 Å². The van der Waals surface area contributed by atoms with Crippen LogP contribution in [0.25, 0.3) is 0 Å². The highest BCUT2D eigenvalue weighted by molar-refractivity contribution is 6.47. The summed E-state index contributed by atoms with van der Waals surface area (Å²) in [5.41, 5.74) is 6.09. The van der Waals surface area contributed by atoms with Crippen molar-refractivity contribution in [3.05, 3.63) is 23.8 Å². The van der Waals surface area contributed by atoms with Crippen molar-refractivity contribution in [2.75, 3.05) is 7.11 Å². The average molecular weight is 279 g/mol. The first-order valence-corrected chi connectivity index (χ1v) is 6.66. The number of methoxy groups -OCH3 is 1. The maximum atomic E-state index is 9.83. The fraction of sp³-hybridized carbons (Fsp3) is 0.571. The molecular weight excluding hydrogens is 257 g/mol. The van der Waals surface area contributed by atoms with E-state index in [4.69, 9.17) is 19.8 Å². The number of nitrogens with two attached hydrogens (primary N) is 1. The molecule has 3 N–H and O–H groups in total. The Hall–Kier alpha value is -1.24. The van der Waals surface area contributed by atoms with E-state index in [-0.39, 0.29) is 5.75 Å². The van der Waals surface area contributed by atoms with E-state index in [2.05, 4.69) is 0 Å². The molecule has 1 saturated heterocycles. The molecule has 0 aliphatic carbocycles. The lowest BCUT2D eigenvalue weighted by molar-refractivity contribution is 0.00578. The second-order valence-electron chi connectivity index (χ2n) is 6.08. The van der Waals surface area contributed by atoms with Gasteiger partial charge in [0.2, 0.25) is 0 Å². The van der Waals surface area contributed by atoms with Crippen LogP contribution in [0.2, 0.25) is 0 Å². The van der Waals surface area contributed by atoms with Crippen LogP contribution in [0.4, 0.5) is 0 Å². The fourth-order valence-electron chi connectivity index (χ4n) is 2.11. The molecule has 0 amide bonds. The van der Waals surface area contributed by atoms with Crippen LogP contribution in [0.5, 0.6) is 11.5 Å². The van der Waals surface area contributed by atoms with Gasteiger partial charge in [0.15, 0.2) is 11.5 Å². The minimum absolute atomic E-state index is 0.0527. The van der Waals surface area contributed by atoms with Crippen molar-refractivity contribution in [1.82, 2.24) is 0 Å². The third-order valence-corrected chi connectivity index (χ3v) is 4.15. The molecule has 0 spiro atoms. The predicted octanol–water partition coefficient (Wildman–Crippen LogP) is 2.03. The third kappa shape index (κ3) is 2.51. The summed E-state index contributed by atoms with van der Waals surface area (Å²) in [7, 11) is 0.955. The molecule has 6 heteroatoms. The minimum Gasteiger partial charge on any atom is -0.504 e. The summed E-state index contributed by atoms with van der Waals surface area (Å²) in [6.45, 7) is 7.91. The average Bonchev–Trinajstić information content (AvgIpc) is 2.57. The van der Waals surface area contributed by atoms with Crippen LogP contribution < -0.4 is 10.5 Å². The van der Waals surface area contributed by atoms with Crippen LogP contribution >= 0.6 is 0 Å². The summed E-state index contributed by atoms with van der Waals surface area (Å²) >= 11 is 0. The van der Waals surface area contributed by atoms with Crippen molar-refractivity contribution in [2.45, 2.75) is 44.8 Å². The Kier molecular flexibility index (Phi) is 3.75. The molecule has 0 radical (unpaired) electrons. The van der Waals surface area contributed by atoms with Gasteiger partial charge in [-0.25, -0.2) is 0 Å². The monoisotopic (exact) mass is 279 g/mol. The summed E-state index contributed by atoms with van der Waals surface area (Å²) in [5, 5.41) is 9.83. The molecule has 1 heterocycles. The molecule has 1 aromatic rings. The van der Waals surface area contributed by atoms with Crippen LogP contribution in [-0.4, -0.2) is 30.5 Å². The van der Waals surface area contributed by atoms with E-state index in [1.165, 1.54) is 7.11 Å². The maximum Gasteiger partial charge on any atom is 0.480 e. The van der Waals surface area contributed by atoms with Crippen molar-refractivity contribution < 1.29 is 19.2 Å². The first kappa shape index (κ1) is 15.2. The number of phenols is 1. The highest BCUT2D eigenvalue weighted by Crippen LogP contribution is 2.40. The number of hydrogen-bond acceptors (Lipinski definition) is 5. The first-order valence-electron chi connectivity index (χ1n) is 6.66. The minimum atomic E-state index is -0.548. The van der Waals surface area contributed by atoms with Crippen LogP contribution in [-0.2, 0) is 9.31 Å². The maximum absolute atomic E-state index is 9.83. The first-order chi connectivity index (χ1) is 9.18. The third-order valence-electron chi connectivity index (χ3n) is 4.15. The van der Waals surface area contributed by atoms with E-state index in [0.717, 1.165) is 5.56 Å². The van der Waals surface area contributed by atoms with E-state index >= 15 is 0 Å². The topological polar surface area (TPSA) is 73.9 Å². The van der Waals surface area contributed by atoms with Crippen LogP contribution in [0, 0.1) is 0 Å². The molecule has 20 heavy (non-hydrogen) atoms. The van der Waals surface area contributed by atoms with Gasteiger partial charge >= 0.3 is 7.12 Å². The predicted molar refractivity (Wildman–Crippen MR) is 77.7 cm³/mol. The number of phenolic OH excluding ortho intramolecular Hbond substituents is 1. The van der Waals surface area contributed by atoms with Gasteiger partial charge < -0.3 is 24.9 Å². The Bertz CT molecular complexity index is 488. The second-order valence-corrected chi connectivity index (χ2v) is 6.08. The summed E-state index contributed by atoms with van der Waals surface area (Å²) in [5.74, 6) is -0.0142. The normalized spacial score (nSPS) is 21.8. The van der Waals surface area contributed by atoms with Crippen molar-refractivity contribution in [2.24, 2.45) is 5.73 Å². The molecule has 2 rings (SSSR count). The molecule has 5 nitrogen and oxygen atoms in total. The highest BCUT2D eigenvalue weighted by Gasteiger charge is 2.53. The molecule has 0 bridgehead atoms. The van der Waals surface area contributed by atoms with Crippen LogP contribution in [0.3, 0.4) is 0 Å². The lowest BCUT2D eigenvalue weighted by Crippen LogP contribution is -2.41. The van der Waals surface area contributed by atoms with Crippen molar-refractivity contribution >= 4 is 7.12 Å². The van der Waals surface area contributed by atoms with E-state index in [1.807, 2.05) is 27.7 Å². The molecule has 1 fully saturated rings. The van der Waals surface area contributed by atoms with Gasteiger partial charge in [-0.05, 0) is 45.4 Å². The van der Waals surface area contributed by atoms with Crippen molar-refractivity contribution in [3.8, 4) is 11.5 Å². The summed E-state index contributed by atoms with van der Waals surface area (Å²) in [6.07, 6.45) is 0. The highest BCUT2D eigenvalue weighted by atomic mass is 16.7. The number of rotatable bonds is 3. The zero-order valence-electron chi connectivity index (χ0n) is 12.6. The lowest BCUT2D eigenvalue weighted by Gasteiger charge is -2.32. The molecule has 110 valence electrons. The summed E-state index contributed by atoms with van der Waals surface area (Å²) in [6, 6.07) is 5.05. The SMILES string of the molecule is COc1ccc([C@H](N)B2OC(C)(C)C(C)(C)O2)cc1O. The van der Waals surface area contributed by atoms with Gasteiger partial charge in [0.1, 0.15) is 0 Å². The largest absolute Gasteiger partial charge is 0.504 e. The van der Waals surface area contributed by atoms with E-state index in [9.17, 15) is 5.11 Å². The smallest absolute Gasteiger partial charge is 0.480 e. The molecule has 0 unspecified atom stereocenters. The number of aromatic hydroxyl groups is 1.